The van der Waals surface area contributed by atoms with E-state index in [-0.39, 0.29) is 133 Å². The van der Waals surface area contributed by atoms with Gasteiger partial charge in [0.2, 0.25) is 70.9 Å². The first-order valence-corrected chi connectivity index (χ1v) is 36.9. The summed E-state index contributed by atoms with van der Waals surface area (Å²) >= 11 is 0. The molecule has 2 bridgehead atoms. The minimum absolute atomic E-state index is 0.00211. The Bertz CT molecular complexity index is 2970. The molecule has 4 heterocycles. The van der Waals surface area contributed by atoms with Crippen LogP contribution in [-0.4, -0.2) is 228 Å². The van der Waals surface area contributed by atoms with Crippen molar-refractivity contribution in [3.63, 3.8) is 0 Å². The SMILES string of the molecule is CC[C@H](C)[C@@H]1NC(=O)[C@@H]2CCCN2C(=O)[C@@H]2CCCN2C(=O)[C@H]([C@@H](C)CC)NC(=O)[C@H](CO)NC(=O)[C@H](CCCCN)NC(=O)[C@H](CCCCN)NC(=O)[C@@H]2CSSC[C@H](NC1=O)C(=O)N[C@@H](Cc1ccccc1)C(=O)N[C@@H](CCCN=C(N)N)C(=O)N[C@@H](CCCN=C(N)N)C(=O)N2. The topological polar surface area (TPSA) is 533 Å². The summed E-state index contributed by atoms with van der Waals surface area (Å²) in [5.74, 6) is -11.9. The summed E-state index contributed by atoms with van der Waals surface area (Å²) in [7, 11) is 1.96. The van der Waals surface area contributed by atoms with E-state index < -0.39 is 162 Å². The average Bonchev–Trinajstić information content (AvgIpc) is 1.73. The predicted molar refractivity (Wildman–Crippen MR) is 375 cm³/mol. The Labute approximate surface area is 586 Å². The molecule has 4 aliphatic rings. The van der Waals surface area contributed by atoms with Crippen molar-refractivity contribution >= 4 is 104 Å². The quantitative estimate of drug-likeness (QED) is 0.0214. The Kier molecular flexibility index (Phi) is 34.8. The van der Waals surface area contributed by atoms with Gasteiger partial charge in [0, 0.05) is 44.1 Å². The molecule has 4 fully saturated rings. The maximum atomic E-state index is 15.1. The molecule has 99 heavy (non-hydrogen) atoms. The monoisotopic (exact) mass is 1430 g/mol. The van der Waals surface area contributed by atoms with Gasteiger partial charge in [-0.05, 0) is 120 Å². The Balaban J connectivity index is 1.70. The number of benzene rings is 1. The molecule has 0 saturated carbocycles. The van der Waals surface area contributed by atoms with Crippen LogP contribution in [0.3, 0.4) is 0 Å². The van der Waals surface area contributed by atoms with Gasteiger partial charge in [-0.15, -0.1) is 0 Å². The molecular weight excluding hydrogens is 1320 g/mol. The second kappa shape index (κ2) is 42.2. The molecule has 4 saturated heterocycles. The number of guanidine groups is 2. The lowest BCUT2D eigenvalue weighted by Crippen LogP contribution is -2.62. The number of aliphatic hydroxyl groups is 1. The van der Waals surface area contributed by atoms with Gasteiger partial charge in [0.15, 0.2) is 11.9 Å². The van der Waals surface area contributed by atoms with Crippen LogP contribution in [0.5, 0.6) is 0 Å². The molecular formula is C64H106N20O13S2. The number of carbonyl (C=O) groups excluding carboxylic acids is 12. The number of hydrogen-bond donors (Lipinski definition) is 17. The molecule has 0 unspecified atom stereocenters. The molecule has 14 atom stereocenters. The number of unbranched alkanes of at least 4 members (excludes halogenated alkanes) is 2. The third-order valence-corrected chi connectivity index (χ3v) is 20.5. The number of carbonyl (C=O) groups is 12. The highest BCUT2D eigenvalue weighted by Crippen LogP contribution is 2.29. The fourth-order valence-electron chi connectivity index (χ4n) is 11.9. The Morgan fingerprint density at radius 1 is 0.475 bits per heavy atom. The van der Waals surface area contributed by atoms with Crippen molar-refractivity contribution < 1.29 is 62.6 Å². The van der Waals surface area contributed by atoms with Crippen molar-refractivity contribution in [3.8, 4) is 0 Å². The zero-order valence-electron chi connectivity index (χ0n) is 57.3. The molecule has 1 aromatic rings. The molecule has 35 heteroatoms. The maximum Gasteiger partial charge on any atom is 0.246 e. The van der Waals surface area contributed by atoms with Crippen LogP contribution in [0.2, 0.25) is 0 Å². The van der Waals surface area contributed by atoms with Gasteiger partial charge >= 0.3 is 0 Å². The summed E-state index contributed by atoms with van der Waals surface area (Å²) in [5, 5.41) is 38.2. The van der Waals surface area contributed by atoms with Crippen LogP contribution in [0.4, 0.5) is 0 Å². The van der Waals surface area contributed by atoms with Crippen molar-refractivity contribution in [2.24, 2.45) is 56.2 Å². The van der Waals surface area contributed by atoms with Gasteiger partial charge in [0.05, 0.1) is 6.61 Å². The van der Waals surface area contributed by atoms with Gasteiger partial charge in [-0.25, -0.2) is 0 Å². The van der Waals surface area contributed by atoms with Gasteiger partial charge in [-0.2, -0.15) is 0 Å². The zero-order valence-corrected chi connectivity index (χ0v) is 58.9. The Morgan fingerprint density at radius 2 is 0.869 bits per heavy atom. The lowest BCUT2D eigenvalue weighted by molar-refractivity contribution is -0.149. The highest BCUT2D eigenvalue weighted by Gasteiger charge is 2.46. The van der Waals surface area contributed by atoms with E-state index in [2.05, 4.69) is 63.2 Å². The van der Waals surface area contributed by atoms with Crippen LogP contribution in [0.15, 0.2) is 40.3 Å². The molecule has 0 spiro atoms. The van der Waals surface area contributed by atoms with Crippen molar-refractivity contribution in [1.82, 2.24) is 63.0 Å². The molecule has 33 nitrogen and oxygen atoms in total. The largest absolute Gasteiger partial charge is 0.394 e. The van der Waals surface area contributed by atoms with E-state index in [1.54, 1.807) is 58.0 Å². The van der Waals surface area contributed by atoms with Gasteiger partial charge in [-0.3, -0.25) is 67.5 Å². The van der Waals surface area contributed by atoms with E-state index in [9.17, 15) is 48.3 Å². The number of aliphatic imine (C=N–C) groups is 2. The summed E-state index contributed by atoms with van der Waals surface area (Å²) in [6.07, 6.45) is 3.00. The van der Waals surface area contributed by atoms with Crippen molar-refractivity contribution in [2.75, 3.05) is 57.4 Å². The maximum absolute atomic E-state index is 15.1. The van der Waals surface area contributed by atoms with E-state index in [0.717, 1.165) is 21.6 Å². The number of nitrogens with two attached hydrogens (primary N) is 6. The lowest BCUT2D eigenvalue weighted by atomic mass is 9.96. The van der Waals surface area contributed by atoms with Crippen molar-refractivity contribution in [3.05, 3.63) is 35.9 Å². The molecule has 0 aromatic heterocycles. The summed E-state index contributed by atoms with van der Waals surface area (Å²) in [4.78, 5) is 188. The normalized spacial score (nSPS) is 27.1. The van der Waals surface area contributed by atoms with E-state index in [1.165, 1.54) is 9.80 Å². The first-order valence-electron chi connectivity index (χ1n) is 34.4. The standard InChI is InChI=1S/C64H106N20O13S2/c1-5-36(3)49-60(95)80-46-35-99-98-34-45(79-54(89)42(23-15-29-72-64(69)70)74-52(87)41(22-14-28-71-63(67)68)75-55(90)43(77-58(46)93)32-38-18-8-7-9-19-38)57(92)76-39(20-10-12-26-65)51(86)73-40(21-11-13-27-66)53(88)78-44(33-85)56(91)82-50(37(4)6-2)62(97)84-31-17-25-48(84)61(96)83-30-16-24-47(83)59(94)81-49/h7-9,18-19,36-37,39-50,85H,5-6,10-17,20-35,65-66H2,1-4H3,(H,73,86)(H,74,87)(H,75,90)(H,76,92)(H,77,93)(H,78,88)(H,79,89)(H,80,95)(H,81,94)(H,82,91)(H4,67,68,71)(H4,69,70,72)/t36-,37-,39-,40-,41-,42-,43-,44-,45-,46-,47-,48-,49-,50-/m0/s1. The molecule has 12 amide bonds. The molecule has 552 valence electrons. The van der Waals surface area contributed by atoms with Gasteiger partial charge in [-0.1, -0.05) is 92.5 Å². The number of amides is 12. The van der Waals surface area contributed by atoms with E-state index in [0.29, 0.717) is 44.1 Å². The molecule has 23 N–H and O–H groups in total. The fraction of sp³-hybridized carbons (Fsp3) is 0.688. The third-order valence-electron chi connectivity index (χ3n) is 18.1. The number of nitrogens with zero attached hydrogens (tertiary/aromatic N) is 4. The number of nitrogens with one attached hydrogen (secondary N) is 10. The smallest absolute Gasteiger partial charge is 0.246 e. The third kappa shape index (κ3) is 25.6. The summed E-state index contributed by atoms with van der Waals surface area (Å²) in [6.45, 7) is 6.75. The first-order chi connectivity index (χ1) is 47.3. The van der Waals surface area contributed by atoms with E-state index >= 15 is 14.4 Å². The minimum Gasteiger partial charge on any atom is -0.394 e. The van der Waals surface area contributed by atoms with Crippen LogP contribution >= 0.6 is 21.6 Å². The van der Waals surface area contributed by atoms with Crippen molar-refractivity contribution in [1.29, 1.82) is 0 Å². The zero-order chi connectivity index (χ0) is 72.7. The predicted octanol–water partition coefficient (Wildman–Crippen LogP) is -4.08. The van der Waals surface area contributed by atoms with E-state index in [1.807, 2.05) is 0 Å². The van der Waals surface area contributed by atoms with Gasteiger partial charge < -0.3 is 102 Å². The van der Waals surface area contributed by atoms with Gasteiger partial charge in [0.25, 0.3) is 0 Å². The van der Waals surface area contributed by atoms with Crippen LogP contribution in [0.25, 0.3) is 0 Å². The Hall–Kier alpha value is -8.02. The fourth-order valence-corrected chi connectivity index (χ4v) is 14.3. The second-order valence-electron chi connectivity index (χ2n) is 25.5. The summed E-state index contributed by atoms with van der Waals surface area (Å²) < 4.78 is 0. The summed E-state index contributed by atoms with van der Waals surface area (Å²) in [5.41, 5.74) is 34.9. The number of aliphatic hydroxyl groups excluding tert-OH is 1. The van der Waals surface area contributed by atoms with Crippen LogP contribution in [0.1, 0.15) is 136 Å². The molecule has 4 aliphatic heterocycles. The molecule has 0 radical (unpaired) electrons. The Morgan fingerprint density at radius 3 is 1.34 bits per heavy atom. The minimum atomic E-state index is -1.67. The van der Waals surface area contributed by atoms with Crippen molar-refractivity contribution in [2.45, 2.75) is 209 Å². The average molecular weight is 1430 g/mol. The number of rotatable bonds is 23. The first kappa shape index (κ1) is 81.7. The number of fused-ring (bicyclic) bond motifs is 7. The summed E-state index contributed by atoms with van der Waals surface area (Å²) in [6, 6.07) is -7.97. The van der Waals surface area contributed by atoms with E-state index in [4.69, 9.17) is 34.4 Å². The van der Waals surface area contributed by atoms with Crippen LogP contribution in [-0.2, 0) is 64.0 Å². The van der Waals surface area contributed by atoms with Crippen LogP contribution in [0, 0.1) is 11.8 Å². The molecule has 1 aromatic carbocycles. The highest BCUT2D eigenvalue weighted by molar-refractivity contribution is 8.76. The molecule has 5 rings (SSSR count). The lowest BCUT2D eigenvalue weighted by Gasteiger charge is -2.35. The highest BCUT2D eigenvalue weighted by atomic mass is 33.1. The molecule has 0 aliphatic carbocycles. The second-order valence-corrected chi connectivity index (χ2v) is 28.1. The number of hydrogen-bond acceptors (Lipinski definition) is 19. The van der Waals surface area contributed by atoms with Crippen LogP contribution < -0.4 is 87.6 Å². The van der Waals surface area contributed by atoms with Gasteiger partial charge in [0.1, 0.15) is 72.5 Å².